The van der Waals surface area contributed by atoms with Crippen LogP contribution in [0.1, 0.15) is 45.4 Å². The number of nitrogens with one attached hydrogen (secondary N) is 1. The lowest BCUT2D eigenvalue weighted by atomic mass is 9.82. The molecule has 0 bridgehead atoms. The Hall–Kier alpha value is 0.210. The zero-order chi connectivity index (χ0) is 11.7. The van der Waals surface area contributed by atoms with E-state index in [1.807, 2.05) is 0 Å². The largest absolute Gasteiger partial charge is 0.316 e. The highest BCUT2D eigenvalue weighted by Crippen LogP contribution is 2.37. The summed E-state index contributed by atoms with van der Waals surface area (Å²) in [6.45, 7) is 9.13. The van der Waals surface area contributed by atoms with Gasteiger partial charge >= 0.3 is 0 Å². The highest BCUT2D eigenvalue weighted by molar-refractivity contribution is 5.85. The van der Waals surface area contributed by atoms with Crippen LogP contribution in [0.15, 0.2) is 0 Å². The Bertz CT molecular complexity index is 263. The molecule has 0 aromatic carbocycles. The Labute approximate surface area is 118 Å². The van der Waals surface area contributed by atoms with Crippen molar-refractivity contribution >= 4 is 12.4 Å². The summed E-state index contributed by atoms with van der Waals surface area (Å²) in [7, 11) is 0. The first kappa shape index (κ1) is 14.6. The van der Waals surface area contributed by atoms with Crippen LogP contribution in [0.2, 0.25) is 0 Å². The van der Waals surface area contributed by atoms with Crippen LogP contribution in [-0.2, 0) is 0 Å². The third kappa shape index (κ3) is 3.20. The van der Waals surface area contributed by atoms with Gasteiger partial charge in [-0.25, -0.2) is 0 Å². The van der Waals surface area contributed by atoms with Gasteiger partial charge < -0.3 is 10.2 Å². The van der Waals surface area contributed by atoms with E-state index in [2.05, 4.69) is 17.1 Å². The molecule has 2 aliphatic heterocycles. The Morgan fingerprint density at radius 2 is 2.17 bits per heavy atom. The van der Waals surface area contributed by atoms with Gasteiger partial charge in [0.05, 0.1) is 0 Å². The molecule has 1 spiro atoms. The zero-order valence-corrected chi connectivity index (χ0v) is 12.6. The van der Waals surface area contributed by atoms with E-state index in [1.54, 1.807) is 0 Å². The van der Waals surface area contributed by atoms with Crippen molar-refractivity contribution in [3.63, 3.8) is 0 Å². The van der Waals surface area contributed by atoms with Crippen LogP contribution in [0.25, 0.3) is 0 Å². The Morgan fingerprint density at radius 3 is 2.89 bits per heavy atom. The molecule has 3 fully saturated rings. The first-order valence-electron chi connectivity index (χ1n) is 7.69. The van der Waals surface area contributed by atoms with Crippen molar-refractivity contribution in [2.45, 2.75) is 45.4 Å². The monoisotopic (exact) mass is 272 g/mol. The zero-order valence-electron chi connectivity index (χ0n) is 11.8. The van der Waals surface area contributed by atoms with Crippen molar-refractivity contribution in [2.75, 3.05) is 32.7 Å². The van der Waals surface area contributed by atoms with Crippen molar-refractivity contribution in [3.8, 4) is 0 Å². The maximum atomic E-state index is 3.56. The molecule has 2 heterocycles. The maximum absolute atomic E-state index is 3.56. The molecule has 0 aromatic heterocycles. The number of halogens is 1. The molecule has 1 N–H and O–H groups in total. The van der Waals surface area contributed by atoms with Crippen molar-refractivity contribution in [2.24, 2.45) is 17.3 Å². The topological polar surface area (TPSA) is 15.3 Å². The fraction of sp³-hybridized carbons (Fsp3) is 1.00. The van der Waals surface area contributed by atoms with E-state index in [4.69, 9.17) is 0 Å². The molecule has 1 saturated carbocycles. The predicted octanol–water partition coefficient (Wildman–Crippen LogP) is 2.92. The van der Waals surface area contributed by atoms with Crippen LogP contribution in [0.3, 0.4) is 0 Å². The number of nitrogens with zero attached hydrogens (tertiary/aromatic N) is 1. The molecule has 3 heteroatoms. The summed E-state index contributed by atoms with van der Waals surface area (Å²) in [4.78, 5) is 2.77. The second kappa shape index (κ2) is 6.11. The summed E-state index contributed by atoms with van der Waals surface area (Å²) >= 11 is 0. The van der Waals surface area contributed by atoms with E-state index in [1.165, 1.54) is 71.2 Å². The van der Waals surface area contributed by atoms with Gasteiger partial charge in [0.2, 0.25) is 0 Å². The highest BCUT2D eigenvalue weighted by Gasteiger charge is 2.40. The minimum atomic E-state index is 0. The molecule has 3 unspecified atom stereocenters. The van der Waals surface area contributed by atoms with Crippen LogP contribution in [0.4, 0.5) is 0 Å². The molecule has 3 atom stereocenters. The van der Waals surface area contributed by atoms with E-state index < -0.39 is 0 Å². The molecular weight excluding hydrogens is 244 g/mol. The average molecular weight is 273 g/mol. The van der Waals surface area contributed by atoms with E-state index in [9.17, 15) is 0 Å². The molecule has 2 saturated heterocycles. The minimum absolute atomic E-state index is 0. The quantitative estimate of drug-likeness (QED) is 0.832. The molecule has 1 aliphatic carbocycles. The molecule has 2 nitrogen and oxygen atoms in total. The van der Waals surface area contributed by atoms with Crippen LogP contribution in [0, 0.1) is 17.3 Å². The molecule has 0 aromatic rings. The minimum Gasteiger partial charge on any atom is -0.316 e. The Balaban J connectivity index is 0.00000120. The maximum Gasteiger partial charge on any atom is 0.00512 e. The third-order valence-corrected chi connectivity index (χ3v) is 5.41. The highest BCUT2D eigenvalue weighted by atomic mass is 35.5. The van der Waals surface area contributed by atoms with Gasteiger partial charge in [-0.05, 0) is 56.0 Å². The first-order chi connectivity index (χ1) is 8.26. The average Bonchev–Trinajstić information content (AvgIpc) is 2.90. The van der Waals surface area contributed by atoms with E-state index in [0.29, 0.717) is 5.41 Å². The lowest BCUT2D eigenvalue weighted by Crippen LogP contribution is -2.33. The smallest absolute Gasteiger partial charge is 0.00512 e. The molecule has 0 amide bonds. The molecule has 0 radical (unpaired) electrons. The fourth-order valence-corrected chi connectivity index (χ4v) is 4.42. The summed E-state index contributed by atoms with van der Waals surface area (Å²) in [6, 6.07) is 0. The van der Waals surface area contributed by atoms with Gasteiger partial charge in [0.1, 0.15) is 0 Å². The van der Waals surface area contributed by atoms with Crippen molar-refractivity contribution < 1.29 is 0 Å². The van der Waals surface area contributed by atoms with Gasteiger partial charge in [-0.3, -0.25) is 0 Å². The normalized spacial score (nSPS) is 41.2. The van der Waals surface area contributed by atoms with Crippen LogP contribution in [-0.4, -0.2) is 37.6 Å². The van der Waals surface area contributed by atoms with Crippen LogP contribution >= 0.6 is 12.4 Å². The van der Waals surface area contributed by atoms with E-state index in [0.717, 1.165) is 11.8 Å². The van der Waals surface area contributed by atoms with Gasteiger partial charge in [0, 0.05) is 19.6 Å². The second-order valence-electron chi connectivity index (χ2n) is 7.05. The van der Waals surface area contributed by atoms with Crippen molar-refractivity contribution in [1.82, 2.24) is 10.2 Å². The molecular formula is C15H29ClN2. The molecule has 3 rings (SSSR count). The molecule has 106 valence electrons. The molecule has 3 aliphatic rings. The van der Waals surface area contributed by atoms with Gasteiger partial charge in [-0.2, -0.15) is 0 Å². The number of hydrogen-bond donors (Lipinski definition) is 1. The fourth-order valence-electron chi connectivity index (χ4n) is 4.42. The summed E-state index contributed by atoms with van der Waals surface area (Å²) in [5, 5.41) is 3.56. The van der Waals surface area contributed by atoms with E-state index >= 15 is 0 Å². The van der Waals surface area contributed by atoms with Crippen LogP contribution < -0.4 is 5.32 Å². The van der Waals surface area contributed by atoms with Gasteiger partial charge in [0.15, 0.2) is 0 Å². The summed E-state index contributed by atoms with van der Waals surface area (Å²) in [5.74, 6) is 1.99. The Kier molecular flexibility index (Phi) is 4.96. The standard InChI is InChI=1S/C15H28N2.ClH/c1-13-3-2-4-14(9-13)10-17-8-6-15(12-17)5-7-16-11-15;/h13-14,16H,2-12H2,1H3;1H. The molecule has 18 heavy (non-hydrogen) atoms. The summed E-state index contributed by atoms with van der Waals surface area (Å²) in [5.41, 5.74) is 0.667. The SMILES string of the molecule is CC1CCCC(CN2CCC3(CCNC3)C2)C1.Cl. The lowest BCUT2D eigenvalue weighted by molar-refractivity contribution is 0.189. The summed E-state index contributed by atoms with van der Waals surface area (Å²) < 4.78 is 0. The first-order valence-corrected chi connectivity index (χ1v) is 7.69. The van der Waals surface area contributed by atoms with Gasteiger partial charge in [-0.15, -0.1) is 12.4 Å². The Morgan fingerprint density at radius 1 is 1.28 bits per heavy atom. The van der Waals surface area contributed by atoms with Crippen molar-refractivity contribution in [1.29, 1.82) is 0 Å². The number of rotatable bonds is 2. The van der Waals surface area contributed by atoms with Crippen LogP contribution in [0.5, 0.6) is 0 Å². The predicted molar refractivity (Wildman–Crippen MR) is 79.3 cm³/mol. The number of likely N-dealkylation sites (tertiary alicyclic amines) is 1. The third-order valence-electron chi connectivity index (χ3n) is 5.41. The lowest BCUT2D eigenvalue weighted by Gasteiger charge is -2.31. The summed E-state index contributed by atoms with van der Waals surface area (Å²) in [6.07, 6.45) is 8.80. The van der Waals surface area contributed by atoms with Crippen molar-refractivity contribution in [3.05, 3.63) is 0 Å². The van der Waals surface area contributed by atoms with E-state index in [-0.39, 0.29) is 12.4 Å². The van der Waals surface area contributed by atoms with Gasteiger partial charge in [0.25, 0.3) is 0 Å². The number of hydrogen-bond acceptors (Lipinski definition) is 2. The van der Waals surface area contributed by atoms with Gasteiger partial charge in [-0.1, -0.05) is 19.8 Å². The second-order valence-corrected chi connectivity index (χ2v) is 7.05.